The Balaban J connectivity index is 1.39. The predicted octanol–water partition coefficient (Wildman–Crippen LogP) is 8.81. The van der Waals surface area contributed by atoms with Crippen LogP contribution in [-0.2, 0) is 18.4 Å². The van der Waals surface area contributed by atoms with Crippen molar-refractivity contribution in [3.63, 3.8) is 0 Å². The highest BCUT2D eigenvalue weighted by molar-refractivity contribution is 7.55. The van der Waals surface area contributed by atoms with Crippen molar-refractivity contribution >= 4 is 38.2 Å². The summed E-state index contributed by atoms with van der Waals surface area (Å²) in [5, 5.41) is 2.87. The Hall–Kier alpha value is -3.30. The van der Waals surface area contributed by atoms with Crippen molar-refractivity contribution in [3.05, 3.63) is 117 Å². The van der Waals surface area contributed by atoms with Crippen LogP contribution in [0.15, 0.2) is 72.8 Å². The molecule has 0 saturated carbocycles. The van der Waals surface area contributed by atoms with Crippen LogP contribution in [0.1, 0.15) is 44.5 Å². The number of benzene rings is 4. The van der Waals surface area contributed by atoms with E-state index < -0.39 is 15.5 Å². The maximum Gasteiger partial charge on any atom is 0.453 e. The van der Waals surface area contributed by atoms with Crippen LogP contribution in [-0.4, -0.2) is 46.1 Å². The summed E-state index contributed by atoms with van der Waals surface area (Å²) in [5.41, 5.74) is 9.15. The van der Waals surface area contributed by atoms with Crippen LogP contribution in [0.3, 0.4) is 0 Å². The van der Waals surface area contributed by atoms with Gasteiger partial charge in [-0.1, -0.05) is 72.8 Å². The van der Waals surface area contributed by atoms with E-state index in [4.69, 9.17) is 9.25 Å². The first kappa shape index (κ1) is 36.0. The van der Waals surface area contributed by atoms with Gasteiger partial charge in [0.1, 0.15) is 0 Å². The Labute approximate surface area is 284 Å². The lowest BCUT2D eigenvalue weighted by molar-refractivity contribution is -0.159. The maximum atomic E-state index is 14.3. The molecule has 0 aromatic heterocycles. The van der Waals surface area contributed by atoms with E-state index in [1.165, 1.54) is 19.5 Å². The number of nitrogens with zero attached hydrogens (tertiary/aromatic N) is 4. The molecule has 4 aromatic carbocycles. The Morgan fingerprint density at radius 2 is 0.646 bits per heavy atom. The molecule has 4 aromatic rings. The summed E-state index contributed by atoms with van der Waals surface area (Å²) in [6, 6.07) is 22.9. The van der Waals surface area contributed by atoms with Gasteiger partial charge in [-0.15, -0.1) is 0 Å². The van der Waals surface area contributed by atoms with E-state index in [9.17, 15) is 18.9 Å². The number of hydroxylamine groups is 4. The molecular weight excluding hydrogens is 646 g/mol. The van der Waals surface area contributed by atoms with Gasteiger partial charge in [-0.3, -0.25) is 0 Å². The summed E-state index contributed by atoms with van der Waals surface area (Å²) >= 11 is 0. The Morgan fingerprint density at radius 3 is 0.833 bits per heavy atom. The molecule has 2 unspecified atom stereocenters. The molecule has 0 spiro atoms. The van der Waals surface area contributed by atoms with Gasteiger partial charge >= 0.3 is 15.5 Å². The van der Waals surface area contributed by atoms with Crippen molar-refractivity contribution in [1.29, 1.82) is 0 Å². The van der Waals surface area contributed by atoms with Gasteiger partial charge in [0.2, 0.25) is 0 Å². The number of rotatable bonds is 10. The molecule has 1 aliphatic rings. The molecule has 0 bridgehead atoms. The first-order valence-corrected chi connectivity index (χ1v) is 19.1. The zero-order chi connectivity index (χ0) is 35.0. The molecule has 10 nitrogen and oxygen atoms in total. The van der Waals surface area contributed by atoms with Gasteiger partial charge in [-0.2, -0.15) is 10.1 Å². The number of anilines is 4. The van der Waals surface area contributed by atoms with Gasteiger partial charge in [0, 0.05) is 26.2 Å². The Kier molecular flexibility index (Phi) is 10.7. The van der Waals surface area contributed by atoms with Crippen molar-refractivity contribution in [3.8, 4) is 0 Å². The topological polar surface area (TPSA) is 106 Å². The molecule has 12 heteroatoms. The highest BCUT2D eigenvalue weighted by Crippen LogP contribution is 2.59. The standard InChI is InChI=1S/C36H46N4O6P2/c1-25-13-9-14-26(2)33(25)39(34-27(3)15-10-16-28(34)4)47(41,42)45-37-21-23-38(24-22-37)46-48(43,44)40(35-29(5)17-11-18-30(35)6)36-31(7)19-12-20-32(36)8/h9-20H,21-24H2,1-8H3,(H,41,42)(H,43,44). The van der Waals surface area contributed by atoms with Gasteiger partial charge in [-0.25, -0.2) is 27.7 Å². The van der Waals surface area contributed by atoms with E-state index in [2.05, 4.69) is 0 Å². The van der Waals surface area contributed by atoms with Crippen LogP contribution in [0.4, 0.5) is 22.7 Å². The average molecular weight is 693 g/mol. The molecule has 0 aliphatic carbocycles. The normalized spacial score (nSPS) is 16.7. The Bertz CT molecular complexity index is 1590. The summed E-state index contributed by atoms with van der Waals surface area (Å²) in [6.45, 7) is 15.9. The molecule has 2 atom stereocenters. The lowest BCUT2D eigenvalue weighted by Crippen LogP contribution is -2.46. The van der Waals surface area contributed by atoms with Gasteiger partial charge < -0.3 is 9.79 Å². The first-order valence-electron chi connectivity index (χ1n) is 16.0. The monoisotopic (exact) mass is 692 g/mol. The second-order valence-corrected chi connectivity index (χ2v) is 15.7. The summed E-state index contributed by atoms with van der Waals surface area (Å²) < 4.78 is 43.4. The smallest absolute Gasteiger partial charge is 0.307 e. The molecule has 0 amide bonds. The number of hydrogen-bond acceptors (Lipinski definition) is 6. The summed E-state index contributed by atoms with van der Waals surface area (Å²) in [6.07, 6.45) is 0. The lowest BCUT2D eigenvalue weighted by Gasteiger charge is -2.39. The van der Waals surface area contributed by atoms with Crippen molar-refractivity contribution in [2.45, 2.75) is 55.4 Å². The van der Waals surface area contributed by atoms with E-state index in [1.807, 2.05) is 128 Å². The van der Waals surface area contributed by atoms with Crippen LogP contribution in [0.2, 0.25) is 0 Å². The van der Waals surface area contributed by atoms with E-state index >= 15 is 0 Å². The van der Waals surface area contributed by atoms with Crippen LogP contribution < -0.4 is 9.34 Å². The van der Waals surface area contributed by atoms with Gasteiger partial charge in [0.05, 0.1) is 22.7 Å². The molecule has 5 rings (SSSR count). The summed E-state index contributed by atoms with van der Waals surface area (Å²) in [7, 11) is -9.03. The fourth-order valence-electron chi connectivity index (χ4n) is 6.50. The summed E-state index contributed by atoms with van der Waals surface area (Å²) in [5.74, 6) is 0. The molecule has 256 valence electrons. The molecule has 1 aliphatic heterocycles. The molecule has 2 N–H and O–H groups in total. The quantitative estimate of drug-likeness (QED) is 0.157. The van der Waals surface area contributed by atoms with Crippen LogP contribution >= 0.6 is 15.5 Å². The molecular formula is C36H46N4O6P2. The first-order chi connectivity index (χ1) is 22.6. The zero-order valence-corrected chi connectivity index (χ0v) is 30.8. The predicted molar refractivity (Wildman–Crippen MR) is 193 cm³/mol. The highest BCUT2D eigenvalue weighted by atomic mass is 31.2. The zero-order valence-electron chi connectivity index (χ0n) is 29.0. The van der Waals surface area contributed by atoms with Crippen molar-refractivity contribution in [2.75, 3.05) is 35.5 Å². The van der Waals surface area contributed by atoms with Gasteiger partial charge in [0.25, 0.3) is 0 Å². The molecule has 1 fully saturated rings. The molecule has 1 heterocycles. The molecule has 0 radical (unpaired) electrons. The van der Waals surface area contributed by atoms with Gasteiger partial charge in [-0.05, 0) is 99.9 Å². The van der Waals surface area contributed by atoms with Gasteiger partial charge in [0.15, 0.2) is 0 Å². The Morgan fingerprint density at radius 1 is 0.458 bits per heavy atom. The maximum absolute atomic E-state index is 14.3. The number of piperazine rings is 1. The lowest BCUT2D eigenvalue weighted by atomic mass is 10.1. The molecule has 1 saturated heterocycles. The SMILES string of the molecule is Cc1cccc(C)c1N(c1c(C)cccc1C)P(=O)(O)ON1CCN(OP(=O)(O)N(c2c(C)cccc2C)c2c(C)cccc2C)CC1. The fraction of sp³-hybridized carbons (Fsp3) is 0.333. The minimum Gasteiger partial charge on any atom is -0.307 e. The average Bonchev–Trinajstić information content (AvgIpc) is 2.99. The fourth-order valence-corrected chi connectivity index (χ4v) is 9.84. The minimum absolute atomic E-state index is 0.157. The minimum atomic E-state index is -4.51. The largest absolute Gasteiger partial charge is 0.453 e. The van der Waals surface area contributed by atoms with Crippen LogP contribution in [0.25, 0.3) is 0 Å². The van der Waals surface area contributed by atoms with Crippen LogP contribution in [0.5, 0.6) is 0 Å². The van der Waals surface area contributed by atoms with E-state index in [-0.39, 0.29) is 26.2 Å². The van der Waals surface area contributed by atoms with E-state index in [1.54, 1.807) is 0 Å². The second-order valence-electron chi connectivity index (χ2n) is 12.6. The van der Waals surface area contributed by atoms with E-state index in [0.717, 1.165) is 44.5 Å². The number of para-hydroxylation sites is 4. The third kappa shape index (κ3) is 7.32. The second kappa shape index (κ2) is 14.3. The third-order valence-corrected chi connectivity index (χ3v) is 11.5. The van der Waals surface area contributed by atoms with Crippen LogP contribution in [0, 0.1) is 55.4 Å². The van der Waals surface area contributed by atoms with E-state index in [0.29, 0.717) is 22.7 Å². The highest BCUT2D eigenvalue weighted by Gasteiger charge is 2.41. The third-order valence-electron chi connectivity index (χ3n) is 8.75. The van der Waals surface area contributed by atoms with Crippen molar-refractivity contribution in [1.82, 2.24) is 10.1 Å². The number of aryl methyl sites for hydroxylation is 8. The summed E-state index contributed by atoms with van der Waals surface area (Å²) in [4.78, 5) is 23.4. The van der Waals surface area contributed by atoms with Crippen molar-refractivity contribution in [2.24, 2.45) is 0 Å². The van der Waals surface area contributed by atoms with Crippen molar-refractivity contribution < 1.29 is 28.2 Å². The number of hydrogen-bond donors (Lipinski definition) is 2. The molecule has 48 heavy (non-hydrogen) atoms.